The Hall–Kier alpha value is -2.16. The van der Waals surface area contributed by atoms with Crippen molar-refractivity contribution in [2.45, 2.75) is 13.8 Å². The summed E-state index contributed by atoms with van der Waals surface area (Å²) < 4.78 is 0. The van der Waals surface area contributed by atoms with Gasteiger partial charge in [-0.25, -0.2) is 14.8 Å². The second kappa shape index (κ2) is 4.78. The van der Waals surface area contributed by atoms with E-state index < -0.39 is 11.4 Å². The molecule has 0 spiro atoms. The van der Waals surface area contributed by atoms with Crippen LogP contribution in [0.15, 0.2) is 12.4 Å². The summed E-state index contributed by atoms with van der Waals surface area (Å²) in [6, 6.07) is 2.19. The highest BCUT2D eigenvalue weighted by Crippen LogP contribution is 2.17. The molecule has 0 aliphatic rings. The van der Waals surface area contributed by atoms with E-state index in [-0.39, 0.29) is 5.69 Å². The van der Waals surface area contributed by atoms with Gasteiger partial charge in [0.1, 0.15) is 5.82 Å². The second-order valence-corrected chi connectivity index (χ2v) is 4.42. The molecular weight excluding hydrogens is 220 g/mol. The Morgan fingerprint density at radius 2 is 2.18 bits per heavy atom. The minimum absolute atomic E-state index is 0.0957. The van der Waals surface area contributed by atoms with Gasteiger partial charge in [0.2, 0.25) is 0 Å². The van der Waals surface area contributed by atoms with Crippen molar-refractivity contribution in [2.75, 3.05) is 18.5 Å². The molecule has 0 atom stereocenters. The fraction of sp³-hybridized carbons (Fsp3) is 0.455. The largest absolute Gasteiger partial charge is 0.476 e. The Kier molecular flexibility index (Phi) is 3.63. The van der Waals surface area contributed by atoms with Gasteiger partial charge in [0.25, 0.3) is 0 Å². The molecule has 0 saturated heterocycles. The van der Waals surface area contributed by atoms with Crippen LogP contribution in [0, 0.1) is 16.7 Å². The predicted octanol–water partition coefficient (Wildman–Crippen LogP) is 1.16. The van der Waals surface area contributed by atoms with Gasteiger partial charge < -0.3 is 10.0 Å². The van der Waals surface area contributed by atoms with Gasteiger partial charge in [0, 0.05) is 13.6 Å². The fourth-order valence-corrected chi connectivity index (χ4v) is 1.34. The molecule has 0 unspecified atom stereocenters. The average Bonchev–Trinajstić information content (AvgIpc) is 2.28. The third-order valence-electron chi connectivity index (χ3n) is 2.18. The maximum absolute atomic E-state index is 10.6. The van der Waals surface area contributed by atoms with Gasteiger partial charge in [-0.3, -0.25) is 0 Å². The Morgan fingerprint density at radius 3 is 2.59 bits per heavy atom. The van der Waals surface area contributed by atoms with Crippen LogP contribution in [0.25, 0.3) is 0 Å². The summed E-state index contributed by atoms with van der Waals surface area (Å²) in [7, 11) is 1.78. The second-order valence-electron chi connectivity index (χ2n) is 4.42. The molecule has 6 heteroatoms. The first kappa shape index (κ1) is 12.9. The Bertz CT molecular complexity index is 448. The molecule has 0 aliphatic carbocycles. The van der Waals surface area contributed by atoms with Crippen molar-refractivity contribution < 1.29 is 9.90 Å². The number of rotatable bonds is 4. The SMILES string of the molecule is CN(CC(C)(C)C#N)c1cnc(C(=O)O)cn1. The van der Waals surface area contributed by atoms with Crippen molar-refractivity contribution in [2.24, 2.45) is 5.41 Å². The third kappa shape index (κ3) is 3.41. The summed E-state index contributed by atoms with van der Waals surface area (Å²) in [4.78, 5) is 20.1. The number of hydrogen-bond donors (Lipinski definition) is 1. The van der Waals surface area contributed by atoms with E-state index in [0.717, 1.165) is 0 Å². The Balaban J connectivity index is 2.81. The van der Waals surface area contributed by atoms with Crippen LogP contribution in [0.5, 0.6) is 0 Å². The molecule has 0 aromatic carbocycles. The lowest BCUT2D eigenvalue weighted by molar-refractivity contribution is 0.0690. The van der Waals surface area contributed by atoms with Crippen LogP contribution in [0.3, 0.4) is 0 Å². The lowest BCUT2D eigenvalue weighted by Crippen LogP contribution is -2.31. The standard InChI is InChI=1S/C11H14N4O2/c1-11(2,6-12)7-15(3)9-5-13-8(4-14-9)10(16)17/h4-5H,7H2,1-3H3,(H,16,17). The molecule has 90 valence electrons. The predicted molar refractivity (Wildman–Crippen MR) is 61.7 cm³/mol. The quantitative estimate of drug-likeness (QED) is 0.840. The lowest BCUT2D eigenvalue weighted by Gasteiger charge is -2.24. The van der Waals surface area contributed by atoms with Crippen molar-refractivity contribution in [3.05, 3.63) is 18.1 Å². The molecular formula is C11H14N4O2. The first-order valence-electron chi connectivity index (χ1n) is 5.03. The van der Waals surface area contributed by atoms with E-state index >= 15 is 0 Å². The maximum Gasteiger partial charge on any atom is 0.356 e. The van der Waals surface area contributed by atoms with Crippen molar-refractivity contribution >= 4 is 11.8 Å². The highest BCUT2D eigenvalue weighted by Gasteiger charge is 2.20. The van der Waals surface area contributed by atoms with Crippen molar-refractivity contribution in [3.63, 3.8) is 0 Å². The van der Waals surface area contributed by atoms with E-state index in [2.05, 4.69) is 16.0 Å². The van der Waals surface area contributed by atoms with Gasteiger partial charge in [-0.1, -0.05) is 0 Å². The van der Waals surface area contributed by atoms with Crippen LogP contribution in [-0.2, 0) is 0 Å². The topological polar surface area (TPSA) is 90.1 Å². The molecule has 0 aliphatic heterocycles. The number of carbonyl (C=O) groups is 1. The van der Waals surface area contributed by atoms with E-state index in [1.807, 2.05) is 13.8 Å². The number of aromatic nitrogens is 2. The van der Waals surface area contributed by atoms with Crippen molar-refractivity contribution in [3.8, 4) is 6.07 Å². The van der Waals surface area contributed by atoms with E-state index in [4.69, 9.17) is 10.4 Å². The van der Waals surface area contributed by atoms with E-state index in [1.54, 1.807) is 11.9 Å². The number of hydrogen-bond acceptors (Lipinski definition) is 5. The van der Waals surface area contributed by atoms with Gasteiger partial charge in [-0.15, -0.1) is 0 Å². The minimum atomic E-state index is -1.11. The minimum Gasteiger partial charge on any atom is -0.476 e. The van der Waals surface area contributed by atoms with Crippen LogP contribution >= 0.6 is 0 Å². The molecule has 1 heterocycles. The number of nitrogens with zero attached hydrogens (tertiary/aromatic N) is 4. The smallest absolute Gasteiger partial charge is 0.356 e. The monoisotopic (exact) mass is 234 g/mol. The summed E-state index contributed by atoms with van der Waals surface area (Å²) in [5.74, 6) is -0.567. The molecule has 0 fully saturated rings. The summed E-state index contributed by atoms with van der Waals surface area (Å²) in [6.45, 7) is 4.13. The van der Waals surface area contributed by atoms with Gasteiger partial charge in [0.05, 0.1) is 23.9 Å². The zero-order valence-corrected chi connectivity index (χ0v) is 10.0. The summed E-state index contributed by atoms with van der Waals surface area (Å²) >= 11 is 0. The zero-order valence-electron chi connectivity index (χ0n) is 10.0. The Morgan fingerprint density at radius 1 is 1.53 bits per heavy atom. The molecule has 0 radical (unpaired) electrons. The van der Waals surface area contributed by atoms with E-state index in [9.17, 15) is 4.79 Å². The first-order valence-corrected chi connectivity index (χ1v) is 5.03. The van der Waals surface area contributed by atoms with Crippen LogP contribution < -0.4 is 4.90 Å². The number of anilines is 1. The molecule has 0 saturated carbocycles. The van der Waals surface area contributed by atoms with Crippen LogP contribution in [-0.4, -0.2) is 34.6 Å². The van der Waals surface area contributed by atoms with Crippen LogP contribution in [0.1, 0.15) is 24.3 Å². The Labute approximate surface area is 99.5 Å². The van der Waals surface area contributed by atoms with Crippen LogP contribution in [0.2, 0.25) is 0 Å². The van der Waals surface area contributed by atoms with Crippen molar-refractivity contribution in [1.82, 2.24) is 9.97 Å². The van der Waals surface area contributed by atoms with E-state index in [0.29, 0.717) is 12.4 Å². The van der Waals surface area contributed by atoms with Gasteiger partial charge in [-0.05, 0) is 13.8 Å². The average molecular weight is 234 g/mol. The summed E-state index contributed by atoms with van der Waals surface area (Å²) in [5.41, 5.74) is -0.594. The van der Waals surface area contributed by atoms with Gasteiger partial charge >= 0.3 is 5.97 Å². The molecule has 1 aromatic heterocycles. The van der Waals surface area contributed by atoms with Crippen LogP contribution in [0.4, 0.5) is 5.82 Å². The summed E-state index contributed by atoms with van der Waals surface area (Å²) in [5, 5.41) is 17.6. The first-order chi connectivity index (χ1) is 7.85. The third-order valence-corrected chi connectivity index (χ3v) is 2.18. The van der Waals surface area contributed by atoms with E-state index in [1.165, 1.54) is 12.4 Å². The summed E-state index contributed by atoms with van der Waals surface area (Å²) in [6.07, 6.45) is 2.59. The fourth-order valence-electron chi connectivity index (χ4n) is 1.34. The van der Waals surface area contributed by atoms with Gasteiger partial charge in [0.15, 0.2) is 5.69 Å². The number of nitriles is 1. The van der Waals surface area contributed by atoms with Gasteiger partial charge in [-0.2, -0.15) is 5.26 Å². The number of carboxylic acids is 1. The molecule has 0 bridgehead atoms. The molecule has 17 heavy (non-hydrogen) atoms. The maximum atomic E-state index is 10.6. The molecule has 1 N–H and O–H groups in total. The zero-order chi connectivity index (χ0) is 13.1. The lowest BCUT2D eigenvalue weighted by atomic mass is 9.95. The molecule has 6 nitrogen and oxygen atoms in total. The van der Waals surface area contributed by atoms with Crippen molar-refractivity contribution in [1.29, 1.82) is 5.26 Å². The molecule has 0 amide bonds. The molecule has 1 rings (SSSR count). The number of aromatic carboxylic acids is 1. The highest BCUT2D eigenvalue weighted by atomic mass is 16.4. The molecule has 1 aromatic rings. The highest BCUT2D eigenvalue weighted by molar-refractivity contribution is 5.84. The normalized spacial score (nSPS) is 10.7. The number of carboxylic acid groups (broad SMARTS) is 1.